The summed E-state index contributed by atoms with van der Waals surface area (Å²) in [6.45, 7) is 2.59. The Morgan fingerprint density at radius 1 is 1.26 bits per heavy atom. The monoisotopic (exact) mass is 489 g/mol. The highest BCUT2D eigenvalue weighted by molar-refractivity contribution is 9.10. The fourth-order valence-corrected chi connectivity index (χ4v) is 6.86. The first-order chi connectivity index (χ1) is 14.8. The van der Waals surface area contributed by atoms with Gasteiger partial charge in [0.25, 0.3) is 5.91 Å². The van der Waals surface area contributed by atoms with Crippen molar-refractivity contribution in [1.82, 2.24) is 29.9 Å². The summed E-state index contributed by atoms with van der Waals surface area (Å²) in [5, 5.41) is 14.8. The highest BCUT2D eigenvalue weighted by Crippen LogP contribution is 2.64. The number of carbonyl (C=O) groups is 2. The van der Waals surface area contributed by atoms with Gasteiger partial charge in [0.1, 0.15) is 12.0 Å². The average Bonchev–Trinajstić information content (AvgIpc) is 3.31. The highest BCUT2D eigenvalue weighted by atomic mass is 79.9. The third-order valence-corrected chi connectivity index (χ3v) is 7.76. The molecule has 31 heavy (non-hydrogen) atoms. The van der Waals surface area contributed by atoms with Crippen LogP contribution < -0.4 is 10.6 Å². The molecule has 10 heteroatoms. The number of halogens is 1. The molecule has 2 atom stereocenters. The van der Waals surface area contributed by atoms with Crippen molar-refractivity contribution in [2.75, 3.05) is 11.9 Å². The third-order valence-electron chi connectivity index (χ3n) is 7.40. The van der Waals surface area contributed by atoms with Crippen molar-refractivity contribution < 1.29 is 9.59 Å². The first kappa shape index (κ1) is 20.7. The van der Waals surface area contributed by atoms with Gasteiger partial charge in [-0.25, -0.2) is 9.67 Å². The molecule has 9 nitrogen and oxygen atoms in total. The van der Waals surface area contributed by atoms with E-state index in [2.05, 4.69) is 41.7 Å². The van der Waals surface area contributed by atoms with Crippen LogP contribution in [0.5, 0.6) is 0 Å². The Morgan fingerprint density at radius 3 is 2.65 bits per heavy atom. The smallest absolute Gasteiger partial charge is 0.271 e. The number of hydrogen-bond acceptors (Lipinski definition) is 5. The highest BCUT2D eigenvalue weighted by Gasteiger charge is 2.61. The molecule has 0 radical (unpaired) electrons. The number of aromatic nitrogens is 5. The molecular weight excluding hydrogens is 462 g/mol. The molecule has 4 bridgehead atoms. The summed E-state index contributed by atoms with van der Waals surface area (Å²) in [4.78, 5) is 30.6. The van der Waals surface area contributed by atoms with Gasteiger partial charge in [-0.15, -0.1) is 5.10 Å². The van der Waals surface area contributed by atoms with Gasteiger partial charge in [-0.3, -0.25) is 14.3 Å². The molecule has 166 valence electrons. The topological polar surface area (TPSA) is 107 Å². The Labute approximate surface area is 189 Å². The molecule has 2 unspecified atom stereocenters. The molecule has 6 rings (SSSR count). The number of aryl methyl sites for hydroxylation is 1. The predicted molar refractivity (Wildman–Crippen MR) is 117 cm³/mol. The maximum atomic E-state index is 13.7. The van der Waals surface area contributed by atoms with Crippen molar-refractivity contribution >= 4 is 33.4 Å². The van der Waals surface area contributed by atoms with E-state index in [1.54, 1.807) is 19.6 Å². The van der Waals surface area contributed by atoms with E-state index < -0.39 is 5.41 Å². The first-order valence-corrected chi connectivity index (χ1v) is 11.8. The fraction of sp³-hybridized carbons (Fsp3) is 0.667. The van der Waals surface area contributed by atoms with Gasteiger partial charge in [0.05, 0.1) is 22.8 Å². The van der Waals surface area contributed by atoms with Crippen LogP contribution in [0.1, 0.15) is 62.4 Å². The summed E-state index contributed by atoms with van der Waals surface area (Å²) < 4.78 is 4.10. The molecule has 4 aliphatic rings. The van der Waals surface area contributed by atoms with E-state index in [1.807, 2.05) is 11.6 Å². The van der Waals surface area contributed by atoms with Gasteiger partial charge >= 0.3 is 0 Å². The lowest BCUT2D eigenvalue weighted by molar-refractivity contribution is -0.150. The molecule has 2 heterocycles. The van der Waals surface area contributed by atoms with Crippen molar-refractivity contribution in [2.24, 2.45) is 24.3 Å². The fourth-order valence-electron chi connectivity index (χ4n) is 6.59. The van der Waals surface area contributed by atoms with Crippen LogP contribution >= 0.6 is 15.9 Å². The zero-order valence-corrected chi connectivity index (χ0v) is 19.5. The Hall–Kier alpha value is -2.23. The summed E-state index contributed by atoms with van der Waals surface area (Å²) in [6.07, 6.45) is 10.0. The molecule has 4 aliphatic carbocycles. The number of rotatable bonds is 6. The van der Waals surface area contributed by atoms with E-state index in [0.29, 0.717) is 34.5 Å². The second-order valence-corrected chi connectivity index (χ2v) is 10.4. The van der Waals surface area contributed by atoms with Gasteiger partial charge in [0.2, 0.25) is 10.6 Å². The summed E-state index contributed by atoms with van der Waals surface area (Å²) in [6, 6.07) is 0. The largest absolute Gasteiger partial charge is 0.351 e. The van der Waals surface area contributed by atoms with Crippen LogP contribution in [0.25, 0.3) is 0 Å². The van der Waals surface area contributed by atoms with Crippen molar-refractivity contribution in [3.63, 3.8) is 0 Å². The molecule has 2 amide bonds. The number of carbonyl (C=O) groups excluding carboxylic acids is 2. The summed E-state index contributed by atoms with van der Waals surface area (Å²) in [7, 11) is 1.72. The van der Waals surface area contributed by atoms with E-state index in [9.17, 15) is 9.59 Å². The molecule has 2 aromatic rings. The second-order valence-electron chi connectivity index (χ2n) is 9.66. The average molecular weight is 490 g/mol. The van der Waals surface area contributed by atoms with Crippen LogP contribution in [-0.4, -0.2) is 42.9 Å². The number of amides is 2. The molecule has 0 spiro atoms. The van der Waals surface area contributed by atoms with E-state index in [0.717, 1.165) is 38.5 Å². The minimum absolute atomic E-state index is 0.00250. The zero-order chi connectivity index (χ0) is 21.8. The maximum Gasteiger partial charge on any atom is 0.271 e. The summed E-state index contributed by atoms with van der Waals surface area (Å²) in [5.74, 6) is 0.807. The number of hydrogen-bond donors (Lipinski definition) is 2. The number of nitrogens with one attached hydrogen (secondary N) is 2. The molecule has 0 aliphatic heterocycles. The minimum atomic E-state index is -0.449. The molecular formula is C21H28BrN7O2. The van der Waals surface area contributed by atoms with Crippen LogP contribution in [-0.2, 0) is 17.4 Å². The summed E-state index contributed by atoms with van der Waals surface area (Å²) >= 11 is 3.37. The lowest BCUT2D eigenvalue weighted by Crippen LogP contribution is -2.60. The van der Waals surface area contributed by atoms with Crippen LogP contribution in [0.3, 0.4) is 0 Å². The Kier molecular flexibility index (Phi) is 4.95. The van der Waals surface area contributed by atoms with E-state index in [-0.39, 0.29) is 17.4 Å². The predicted octanol–water partition coefficient (Wildman–Crippen LogP) is 2.85. The second kappa shape index (κ2) is 7.43. The summed E-state index contributed by atoms with van der Waals surface area (Å²) in [5.41, 5.74) is 0.266. The third kappa shape index (κ3) is 3.39. The maximum absolute atomic E-state index is 13.7. The molecule has 2 aromatic heterocycles. The SMILES string of the molecule is CCCNC(=O)c1c(NC(=O)C23CC4CC(C2)CC(n2cnc(Br)n2)(C4)C3)cnn1C. The molecule has 4 fully saturated rings. The number of anilines is 1. The molecule has 0 saturated heterocycles. The molecule has 4 saturated carbocycles. The number of nitrogens with zero attached hydrogens (tertiary/aromatic N) is 5. The van der Waals surface area contributed by atoms with Gasteiger partial charge in [0, 0.05) is 13.6 Å². The Bertz CT molecular complexity index is 1010. The first-order valence-electron chi connectivity index (χ1n) is 11.0. The van der Waals surface area contributed by atoms with Gasteiger partial charge in [-0.05, 0) is 72.7 Å². The van der Waals surface area contributed by atoms with Crippen LogP contribution in [0, 0.1) is 17.3 Å². The van der Waals surface area contributed by atoms with E-state index in [4.69, 9.17) is 0 Å². The normalized spacial score (nSPS) is 31.1. The Balaban J connectivity index is 1.42. The lowest BCUT2D eigenvalue weighted by Gasteiger charge is -2.60. The Morgan fingerprint density at radius 2 is 2.00 bits per heavy atom. The molecule has 2 N–H and O–H groups in total. The quantitative estimate of drug-likeness (QED) is 0.648. The molecule has 0 aromatic carbocycles. The van der Waals surface area contributed by atoms with Crippen molar-refractivity contribution in [1.29, 1.82) is 0 Å². The van der Waals surface area contributed by atoms with Crippen LogP contribution in [0.4, 0.5) is 5.69 Å². The van der Waals surface area contributed by atoms with Crippen LogP contribution in [0.15, 0.2) is 17.3 Å². The van der Waals surface area contributed by atoms with E-state index in [1.165, 1.54) is 11.1 Å². The standard InChI is InChI=1S/C21H28BrN7O2/c1-3-4-23-17(30)16-15(10-25-28(16)2)26-18(31)20-6-13-5-14(7-20)9-21(8-13,11-20)29-12-24-19(22)27-29/h10,12-14H,3-9,11H2,1-2H3,(H,23,30)(H,26,31). The van der Waals surface area contributed by atoms with Gasteiger partial charge < -0.3 is 10.6 Å². The zero-order valence-electron chi connectivity index (χ0n) is 17.9. The van der Waals surface area contributed by atoms with Crippen molar-refractivity contribution in [3.8, 4) is 0 Å². The minimum Gasteiger partial charge on any atom is -0.351 e. The van der Waals surface area contributed by atoms with E-state index >= 15 is 0 Å². The lowest BCUT2D eigenvalue weighted by atomic mass is 9.46. The van der Waals surface area contributed by atoms with Crippen LogP contribution in [0.2, 0.25) is 0 Å². The van der Waals surface area contributed by atoms with Gasteiger partial charge in [-0.1, -0.05) is 6.92 Å². The van der Waals surface area contributed by atoms with Crippen molar-refractivity contribution in [2.45, 2.75) is 57.4 Å². The van der Waals surface area contributed by atoms with Gasteiger partial charge in [-0.2, -0.15) is 5.10 Å². The van der Waals surface area contributed by atoms with Gasteiger partial charge in [0.15, 0.2) is 0 Å². The van der Waals surface area contributed by atoms with Crippen molar-refractivity contribution in [3.05, 3.63) is 23.0 Å².